The van der Waals surface area contributed by atoms with Gasteiger partial charge in [-0.3, -0.25) is 0 Å². The van der Waals surface area contributed by atoms with Crippen LogP contribution in [0.3, 0.4) is 0 Å². The maximum absolute atomic E-state index is 11.3. The highest BCUT2D eigenvalue weighted by Gasteiger charge is 2.24. The van der Waals surface area contributed by atoms with Crippen LogP contribution in [0.25, 0.3) is 10.6 Å². The van der Waals surface area contributed by atoms with Gasteiger partial charge in [0.15, 0.2) is 5.69 Å². The topological polar surface area (TPSA) is 115 Å². The number of carboxylic acids is 1. The van der Waals surface area contributed by atoms with E-state index in [0.29, 0.717) is 16.3 Å². The second-order valence-electron chi connectivity index (χ2n) is 4.59. The lowest BCUT2D eigenvalue weighted by atomic mass is 10.2. The Balaban J connectivity index is 2.53. The average molecular weight is 330 g/mol. The number of carboxylic acid groups (broad SMARTS) is 1. The second-order valence-corrected chi connectivity index (χ2v) is 8.06. The third-order valence-electron chi connectivity index (χ3n) is 2.73. The fraction of sp³-hybridized carbons (Fsp3) is 0.455. The Kier molecular flexibility index (Phi) is 4.10. The molecule has 0 fully saturated rings. The smallest absolute Gasteiger partial charge is 0.358 e. The third kappa shape index (κ3) is 3.45. The molecule has 0 atom stereocenters. The Morgan fingerprint density at radius 1 is 1.38 bits per heavy atom. The van der Waals surface area contributed by atoms with Crippen molar-refractivity contribution in [1.29, 1.82) is 0 Å². The fourth-order valence-corrected chi connectivity index (χ4v) is 3.32. The number of aromatic nitrogens is 4. The summed E-state index contributed by atoms with van der Waals surface area (Å²) in [5.41, 5.74) is 0.771. The second kappa shape index (κ2) is 5.53. The molecule has 8 nitrogen and oxygen atoms in total. The van der Waals surface area contributed by atoms with Gasteiger partial charge < -0.3 is 5.11 Å². The summed E-state index contributed by atoms with van der Waals surface area (Å²) in [4.78, 5) is 16.2. The predicted octanol–water partition coefficient (Wildman–Crippen LogP) is 0.761. The zero-order valence-corrected chi connectivity index (χ0v) is 13.3. The predicted molar refractivity (Wildman–Crippen MR) is 77.3 cm³/mol. The molecule has 0 bridgehead atoms. The minimum Gasteiger partial charge on any atom is -0.476 e. The van der Waals surface area contributed by atoms with Gasteiger partial charge in [0.1, 0.15) is 15.5 Å². The Morgan fingerprint density at radius 2 is 2.05 bits per heavy atom. The monoisotopic (exact) mass is 330 g/mol. The Hall–Kier alpha value is -1.81. The van der Waals surface area contributed by atoms with Gasteiger partial charge in [-0.2, -0.15) is 0 Å². The van der Waals surface area contributed by atoms with Crippen LogP contribution >= 0.6 is 11.3 Å². The molecule has 2 aromatic heterocycles. The maximum atomic E-state index is 11.3. The largest absolute Gasteiger partial charge is 0.476 e. The summed E-state index contributed by atoms with van der Waals surface area (Å²) in [5, 5.41) is 17.4. The molecule has 0 amide bonds. The van der Waals surface area contributed by atoms with Crippen molar-refractivity contribution in [2.75, 3.05) is 12.0 Å². The first-order valence-corrected chi connectivity index (χ1v) is 8.85. The molecule has 0 aliphatic rings. The van der Waals surface area contributed by atoms with E-state index in [-0.39, 0.29) is 18.0 Å². The van der Waals surface area contributed by atoms with Gasteiger partial charge in [0.25, 0.3) is 0 Å². The lowest BCUT2D eigenvalue weighted by Gasteiger charge is -2.05. The van der Waals surface area contributed by atoms with Gasteiger partial charge in [-0.05, 0) is 13.8 Å². The van der Waals surface area contributed by atoms with Crippen LogP contribution in [0.1, 0.15) is 21.2 Å². The van der Waals surface area contributed by atoms with Crippen molar-refractivity contribution >= 4 is 27.1 Å². The van der Waals surface area contributed by atoms with Gasteiger partial charge in [-0.25, -0.2) is 22.9 Å². The lowest BCUT2D eigenvalue weighted by Crippen LogP contribution is -2.13. The van der Waals surface area contributed by atoms with E-state index in [1.165, 1.54) is 16.0 Å². The van der Waals surface area contributed by atoms with Crippen molar-refractivity contribution in [3.63, 3.8) is 0 Å². The van der Waals surface area contributed by atoms with Crippen molar-refractivity contribution in [2.24, 2.45) is 0 Å². The number of hydrogen-bond acceptors (Lipinski definition) is 7. The van der Waals surface area contributed by atoms with Crippen LogP contribution in [-0.4, -0.2) is 51.5 Å². The zero-order chi connectivity index (χ0) is 15.8. The summed E-state index contributed by atoms with van der Waals surface area (Å²) in [5.74, 6) is -1.35. The van der Waals surface area contributed by atoms with Crippen LogP contribution in [0.2, 0.25) is 0 Å². The van der Waals surface area contributed by atoms with Crippen molar-refractivity contribution in [1.82, 2.24) is 20.0 Å². The lowest BCUT2D eigenvalue weighted by molar-refractivity contribution is 0.0691. The molecule has 10 heteroatoms. The normalized spacial score (nSPS) is 11.8. The van der Waals surface area contributed by atoms with Crippen molar-refractivity contribution < 1.29 is 18.3 Å². The number of carbonyl (C=O) groups is 1. The van der Waals surface area contributed by atoms with Crippen LogP contribution in [0.5, 0.6) is 0 Å². The van der Waals surface area contributed by atoms with Crippen molar-refractivity contribution in [3.05, 3.63) is 16.4 Å². The van der Waals surface area contributed by atoms with E-state index < -0.39 is 15.8 Å². The number of sulfone groups is 1. The van der Waals surface area contributed by atoms with Crippen LogP contribution in [0.15, 0.2) is 0 Å². The molecule has 1 N–H and O–H groups in total. The van der Waals surface area contributed by atoms with E-state index in [0.717, 1.165) is 11.3 Å². The first-order valence-electron chi connectivity index (χ1n) is 5.98. The number of aryl methyl sites for hydroxylation is 3. The molecule has 0 aliphatic carbocycles. The number of thiazole rings is 1. The molecular formula is C11H14N4O4S2. The van der Waals surface area contributed by atoms with Gasteiger partial charge >= 0.3 is 5.97 Å². The molecule has 114 valence electrons. The van der Waals surface area contributed by atoms with Crippen LogP contribution in [0, 0.1) is 13.8 Å². The van der Waals surface area contributed by atoms with E-state index in [1.54, 1.807) is 6.92 Å². The number of nitrogens with zero attached hydrogens (tertiary/aromatic N) is 4. The molecule has 0 aromatic carbocycles. The molecule has 0 spiro atoms. The highest BCUT2D eigenvalue weighted by molar-refractivity contribution is 7.90. The molecular weight excluding hydrogens is 316 g/mol. The molecule has 0 unspecified atom stereocenters. The summed E-state index contributed by atoms with van der Waals surface area (Å²) in [6.45, 7) is 3.62. The van der Waals surface area contributed by atoms with E-state index in [1.807, 2.05) is 6.92 Å². The van der Waals surface area contributed by atoms with E-state index >= 15 is 0 Å². The highest BCUT2D eigenvalue weighted by atomic mass is 32.2. The standard InChI is InChI=1S/C11H14N4O4S2/c1-6-10(20-7(2)12-6)9-8(11(16)17)13-14-15(9)4-5-21(3,18)19/h4-5H2,1-3H3,(H,16,17). The molecule has 21 heavy (non-hydrogen) atoms. The van der Waals surface area contributed by atoms with Crippen molar-refractivity contribution in [2.45, 2.75) is 20.4 Å². The summed E-state index contributed by atoms with van der Waals surface area (Å²) in [7, 11) is -3.19. The number of rotatable bonds is 5. The number of hydrogen-bond donors (Lipinski definition) is 1. The van der Waals surface area contributed by atoms with Gasteiger partial charge in [0.05, 0.1) is 27.9 Å². The van der Waals surface area contributed by atoms with E-state index in [4.69, 9.17) is 0 Å². The molecule has 2 heterocycles. The molecule has 0 radical (unpaired) electrons. The first kappa shape index (κ1) is 15.6. The van der Waals surface area contributed by atoms with Gasteiger partial charge in [0.2, 0.25) is 0 Å². The minimum atomic E-state index is -3.19. The summed E-state index contributed by atoms with van der Waals surface area (Å²) in [6.07, 6.45) is 1.11. The first-order chi connectivity index (χ1) is 9.69. The van der Waals surface area contributed by atoms with Crippen LogP contribution < -0.4 is 0 Å². The SMILES string of the molecule is Cc1nc(C)c(-c2c(C(=O)O)nnn2CCS(C)(=O)=O)s1. The van der Waals surface area contributed by atoms with Crippen molar-refractivity contribution in [3.8, 4) is 10.6 Å². The Morgan fingerprint density at radius 3 is 2.52 bits per heavy atom. The van der Waals surface area contributed by atoms with Gasteiger partial charge in [0, 0.05) is 6.26 Å². The van der Waals surface area contributed by atoms with Gasteiger partial charge in [-0.1, -0.05) is 5.21 Å². The minimum absolute atomic E-state index is 0.0465. The molecule has 0 aliphatic heterocycles. The van der Waals surface area contributed by atoms with E-state index in [2.05, 4.69) is 15.3 Å². The van der Waals surface area contributed by atoms with Crippen LogP contribution in [0.4, 0.5) is 0 Å². The van der Waals surface area contributed by atoms with Crippen LogP contribution in [-0.2, 0) is 16.4 Å². The quantitative estimate of drug-likeness (QED) is 0.860. The average Bonchev–Trinajstić information content (AvgIpc) is 2.88. The molecule has 2 rings (SSSR count). The molecule has 0 saturated carbocycles. The summed E-state index contributed by atoms with van der Waals surface area (Å²) < 4.78 is 23.9. The number of aromatic carboxylic acids is 1. The zero-order valence-electron chi connectivity index (χ0n) is 11.7. The Bertz CT molecular complexity index is 791. The maximum Gasteiger partial charge on any atom is 0.358 e. The third-order valence-corrected chi connectivity index (χ3v) is 4.73. The summed E-state index contributed by atoms with van der Waals surface area (Å²) in [6, 6.07) is 0. The molecule has 2 aromatic rings. The highest BCUT2D eigenvalue weighted by Crippen LogP contribution is 2.31. The van der Waals surface area contributed by atoms with Gasteiger partial charge in [-0.15, -0.1) is 16.4 Å². The molecule has 0 saturated heterocycles. The Labute approximate surface area is 125 Å². The van der Waals surface area contributed by atoms with E-state index in [9.17, 15) is 18.3 Å². The fourth-order valence-electron chi connectivity index (χ4n) is 1.84. The summed E-state index contributed by atoms with van der Waals surface area (Å²) >= 11 is 1.33.